The highest BCUT2D eigenvalue weighted by molar-refractivity contribution is 5.97. The van der Waals surface area contributed by atoms with Gasteiger partial charge in [-0.15, -0.1) is 0 Å². The molecule has 3 rings (SSSR count). The highest BCUT2D eigenvalue weighted by Crippen LogP contribution is 2.32. The van der Waals surface area contributed by atoms with Gasteiger partial charge in [0.2, 0.25) is 5.91 Å². The van der Waals surface area contributed by atoms with Gasteiger partial charge in [-0.25, -0.2) is 8.78 Å². The van der Waals surface area contributed by atoms with Gasteiger partial charge in [-0.3, -0.25) is 4.79 Å². The monoisotopic (exact) mass is 288 g/mol. The molecule has 2 aromatic carbocycles. The maximum Gasteiger partial charge on any atom is 0.232 e. The van der Waals surface area contributed by atoms with Crippen molar-refractivity contribution in [1.29, 1.82) is 0 Å². The fraction of sp³-hybridized carbons (Fsp3) is 0.188. The van der Waals surface area contributed by atoms with Gasteiger partial charge in [-0.1, -0.05) is 18.2 Å². The van der Waals surface area contributed by atoms with Crippen LogP contribution >= 0.6 is 0 Å². The third kappa shape index (κ3) is 2.72. The molecule has 1 aliphatic heterocycles. The third-order valence-electron chi connectivity index (χ3n) is 3.59. The Labute approximate surface area is 121 Å². The molecule has 1 heterocycles. The van der Waals surface area contributed by atoms with Crippen molar-refractivity contribution in [2.24, 2.45) is 0 Å². The summed E-state index contributed by atoms with van der Waals surface area (Å²) >= 11 is 0. The van der Waals surface area contributed by atoms with Gasteiger partial charge in [0, 0.05) is 18.3 Å². The number of carbonyl (C=O) groups excluding carboxylic acids is 1. The molecule has 0 saturated heterocycles. The Bertz CT molecular complexity index is 688. The Kier molecular flexibility index (Phi) is 3.56. The molecule has 0 aliphatic carbocycles. The first-order chi connectivity index (χ1) is 10.1. The van der Waals surface area contributed by atoms with E-state index in [9.17, 15) is 13.6 Å². The van der Waals surface area contributed by atoms with Crippen LogP contribution in [0.4, 0.5) is 20.2 Å². The zero-order valence-electron chi connectivity index (χ0n) is 11.2. The summed E-state index contributed by atoms with van der Waals surface area (Å²) in [6.45, 7) is 0.667. The molecule has 1 amide bonds. The van der Waals surface area contributed by atoms with E-state index < -0.39 is 11.6 Å². The molecule has 21 heavy (non-hydrogen) atoms. The lowest BCUT2D eigenvalue weighted by molar-refractivity contribution is -0.117. The number of benzene rings is 2. The Morgan fingerprint density at radius 2 is 2.00 bits per heavy atom. The van der Waals surface area contributed by atoms with Gasteiger partial charge in [-0.2, -0.15) is 0 Å². The van der Waals surface area contributed by atoms with E-state index in [0.717, 1.165) is 29.4 Å². The summed E-state index contributed by atoms with van der Waals surface area (Å²) in [6.07, 6.45) is 0.611. The van der Waals surface area contributed by atoms with Crippen LogP contribution < -0.4 is 10.6 Å². The van der Waals surface area contributed by atoms with Crippen molar-refractivity contribution < 1.29 is 13.6 Å². The van der Waals surface area contributed by atoms with Crippen LogP contribution in [0.5, 0.6) is 0 Å². The number of amides is 1. The highest BCUT2D eigenvalue weighted by atomic mass is 19.1. The molecule has 1 unspecified atom stereocenters. The normalized spacial score (nSPS) is 16.8. The van der Waals surface area contributed by atoms with Crippen molar-refractivity contribution in [2.75, 3.05) is 17.2 Å². The smallest absolute Gasteiger partial charge is 0.232 e. The van der Waals surface area contributed by atoms with Gasteiger partial charge >= 0.3 is 0 Å². The molecular formula is C16H14F2N2O. The maximum absolute atomic E-state index is 13.6. The maximum atomic E-state index is 13.6. The van der Waals surface area contributed by atoms with Gasteiger partial charge < -0.3 is 10.6 Å². The molecule has 0 radical (unpaired) electrons. The van der Waals surface area contributed by atoms with E-state index >= 15 is 0 Å². The average Bonchev–Trinajstić information content (AvgIpc) is 2.50. The largest absolute Gasteiger partial charge is 0.385 e. The zero-order chi connectivity index (χ0) is 14.8. The minimum absolute atomic E-state index is 0.129. The summed E-state index contributed by atoms with van der Waals surface area (Å²) in [5.41, 5.74) is 1.65. The van der Waals surface area contributed by atoms with Crippen LogP contribution in [0, 0.1) is 11.6 Å². The SMILES string of the molecule is O=C(Nc1cc(F)ccc1F)C1CCNc2ccccc21. The molecule has 0 bridgehead atoms. The van der Waals surface area contributed by atoms with E-state index in [1.165, 1.54) is 0 Å². The summed E-state index contributed by atoms with van der Waals surface area (Å²) in [7, 11) is 0. The second-order valence-electron chi connectivity index (χ2n) is 4.97. The fourth-order valence-electron chi connectivity index (χ4n) is 2.55. The van der Waals surface area contributed by atoms with Crippen molar-refractivity contribution in [1.82, 2.24) is 0 Å². The number of hydrogen-bond donors (Lipinski definition) is 2. The number of halogens is 2. The lowest BCUT2D eigenvalue weighted by atomic mass is 9.90. The molecule has 2 N–H and O–H groups in total. The van der Waals surface area contributed by atoms with E-state index in [1.807, 2.05) is 24.3 Å². The molecule has 3 nitrogen and oxygen atoms in total. The molecule has 0 aromatic heterocycles. The van der Waals surface area contributed by atoms with Crippen LogP contribution in [0.1, 0.15) is 17.9 Å². The first-order valence-electron chi connectivity index (χ1n) is 6.74. The van der Waals surface area contributed by atoms with Crippen molar-refractivity contribution in [3.8, 4) is 0 Å². The number of carbonyl (C=O) groups is 1. The molecule has 0 spiro atoms. The Morgan fingerprint density at radius 3 is 2.86 bits per heavy atom. The predicted molar refractivity (Wildman–Crippen MR) is 77.3 cm³/mol. The Morgan fingerprint density at radius 1 is 1.19 bits per heavy atom. The quantitative estimate of drug-likeness (QED) is 0.888. The summed E-state index contributed by atoms with van der Waals surface area (Å²) in [6, 6.07) is 10.5. The molecule has 108 valence electrons. The topological polar surface area (TPSA) is 41.1 Å². The first-order valence-corrected chi connectivity index (χ1v) is 6.74. The molecule has 0 fully saturated rings. The van der Waals surface area contributed by atoms with E-state index in [1.54, 1.807) is 0 Å². The van der Waals surface area contributed by atoms with E-state index in [-0.39, 0.29) is 17.5 Å². The summed E-state index contributed by atoms with van der Waals surface area (Å²) in [5, 5.41) is 5.70. The number of anilines is 2. The van der Waals surface area contributed by atoms with E-state index in [4.69, 9.17) is 0 Å². The van der Waals surface area contributed by atoms with Crippen LogP contribution in [0.3, 0.4) is 0 Å². The number of nitrogens with one attached hydrogen (secondary N) is 2. The Balaban J connectivity index is 1.85. The van der Waals surface area contributed by atoms with Crippen LogP contribution in [0.2, 0.25) is 0 Å². The van der Waals surface area contributed by atoms with E-state index in [0.29, 0.717) is 13.0 Å². The van der Waals surface area contributed by atoms with Crippen molar-refractivity contribution in [3.05, 3.63) is 59.7 Å². The third-order valence-corrected chi connectivity index (χ3v) is 3.59. The van der Waals surface area contributed by atoms with Crippen molar-refractivity contribution in [3.63, 3.8) is 0 Å². The second kappa shape index (κ2) is 5.52. The van der Waals surface area contributed by atoms with Crippen LogP contribution in [0.25, 0.3) is 0 Å². The molecule has 1 aliphatic rings. The molecule has 1 atom stereocenters. The van der Waals surface area contributed by atoms with Gasteiger partial charge in [0.15, 0.2) is 0 Å². The molecule has 0 saturated carbocycles. The fourth-order valence-corrected chi connectivity index (χ4v) is 2.55. The van der Waals surface area contributed by atoms with Gasteiger partial charge in [0.1, 0.15) is 11.6 Å². The molecular weight excluding hydrogens is 274 g/mol. The van der Waals surface area contributed by atoms with Gasteiger partial charge in [0.05, 0.1) is 11.6 Å². The highest BCUT2D eigenvalue weighted by Gasteiger charge is 2.26. The number of rotatable bonds is 2. The number of hydrogen-bond acceptors (Lipinski definition) is 2. The zero-order valence-corrected chi connectivity index (χ0v) is 11.2. The lowest BCUT2D eigenvalue weighted by Gasteiger charge is -2.25. The van der Waals surface area contributed by atoms with Gasteiger partial charge in [-0.05, 0) is 30.2 Å². The number of fused-ring (bicyclic) bond motifs is 1. The minimum atomic E-state index is -0.646. The van der Waals surface area contributed by atoms with Crippen LogP contribution in [-0.2, 0) is 4.79 Å². The Hall–Kier alpha value is -2.43. The number of para-hydroxylation sites is 1. The van der Waals surface area contributed by atoms with Crippen molar-refractivity contribution in [2.45, 2.75) is 12.3 Å². The van der Waals surface area contributed by atoms with Crippen LogP contribution in [0.15, 0.2) is 42.5 Å². The predicted octanol–water partition coefficient (Wildman–Crippen LogP) is 3.50. The minimum Gasteiger partial charge on any atom is -0.385 e. The van der Waals surface area contributed by atoms with Crippen LogP contribution in [-0.4, -0.2) is 12.5 Å². The van der Waals surface area contributed by atoms with E-state index in [2.05, 4.69) is 10.6 Å². The summed E-state index contributed by atoms with van der Waals surface area (Å²) < 4.78 is 26.8. The molecule has 5 heteroatoms. The van der Waals surface area contributed by atoms with Crippen molar-refractivity contribution >= 4 is 17.3 Å². The first kappa shape index (κ1) is 13.5. The second-order valence-corrected chi connectivity index (χ2v) is 4.97. The molecule has 2 aromatic rings. The lowest BCUT2D eigenvalue weighted by Crippen LogP contribution is -2.27. The average molecular weight is 288 g/mol. The summed E-state index contributed by atoms with van der Waals surface area (Å²) in [4.78, 5) is 12.4. The summed E-state index contributed by atoms with van der Waals surface area (Å²) in [5.74, 6) is -1.93. The van der Waals surface area contributed by atoms with Gasteiger partial charge in [0.25, 0.3) is 0 Å². The standard InChI is InChI=1S/C16H14F2N2O/c17-10-5-6-13(18)15(9-10)20-16(21)12-7-8-19-14-4-2-1-3-11(12)14/h1-6,9,12,19H,7-8H2,(H,20,21).